The summed E-state index contributed by atoms with van der Waals surface area (Å²) in [5, 5.41) is 15.2. The van der Waals surface area contributed by atoms with Gasteiger partial charge in [0.15, 0.2) is 5.78 Å². The average molecular weight is 359 g/mol. The standard InChI is InChI=1S/C22H20N2O3/c1-16-7-9-17(10-8-16)20(25)12-11-19-15-24(14-13-21(26)27)23-22(19)18-5-3-2-4-6-18/h2-12,15H,13-14H2,1H3,(H,26,27)/p-1/b12-11+. The van der Waals surface area contributed by atoms with Gasteiger partial charge in [0.25, 0.3) is 0 Å². The predicted octanol–water partition coefficient (Wildman–Crippen LogP) is 2.89. The maximum Gasteiger partial charge on any atom is 0.185 e. The highest BCUT2D eigenvalue weighted by Crippen LogP contribution is 2.23. The number of nitrogens with zero attached hydrogens (tertiary/aromatic N) is 2. The van der Waals surface area contributed by atoms with Gasteiger partial charge in [0.05, 0.1) is 5.69 Å². The molecule has 1 heterocycles. The van der Waals surface area contributed by atoms with Crippen molar-refractivity contribution in [1.82, 2.24) is 9.78 Å². The summed E-state index contributed by atoms with van der Waals surface area (Å²) in [6.45, 7) is 2.18. The molecule has 2 aromatic carbocycles. The number of carboxylic acids is 1. The summed E-state index contributed by atoms with van der Waals surface area (Å²) in [6.07, 6.45) is 4.84. The van der Waals surface area contributed by atoms with Crippen LogP contribution in [0.3, 0.4) is 0 Å². The number of ketones is 1. The molecule has 3 rings (SSSR count). The van der Waals surface area contributed by atoms with Crippen LogP contribution in [0.15, 0.2) is 66.9 Å². The van der Waals surface area contributed by atoms with E-state index >= 15 is 0 Å². The Labute approximate surface area is 157 Å². The highest BCUT2D eigenvalue weighted by molar-refractivity contribution is 6.07. The maximum absolute atomic E-state index is 12.4. The zero-order valence-electron chi connectivity index (χ0n) is 15.0. The van der Waals surface area contributed by atoms with Gasteiger partial charge in [-0.2, -0.15) is 5.10 Å². The molecule has 0 aliphatic heterocycles. The van der Waals surface area contributed by atoms with Crippen LogP contribution in [0.1, 0.15) is 27.9 Å². The van der Waals surface area contributed by atoms with E-state index in [4.69, 9.17) is 0 Å². The number of aryl methyl sites for hydroxylation is 2. The van der Waals surface area contributed by atoms with Crippen LogP contribution in [0.4, 0.5) is 0 Å². The van der Waals surface area contributed by atoms with E-state index in [1.807, 2.05) is 49.4 Å². The summed E-state index contributed by atoms with van der Waals surface area (Å²) in [7, 11) is 0. The minimum absolute atomic E-state index is 0.100. The molecule has 0 spiro atoms. The van der Waals surface area contributed by atoms with Gasteiger partial charge < -0.3 is 9.90 Å². The van der Waals surface area contributed by atoms with Crippen molar-refractivity contribution in [1.29, 1.82) is 0 Å². The number of hydrogen-bond acceptors (Lipinski definition) is 4. The fraction of sp³-hybridized carbons (Fsp3) is 0.136. The molecule has 0 bridgehead atoms. The molecule has 0 fully saturated rings. The minimum atomic E-state index is -1.13. The van der Waals surface area contributed by atoms with Gasteiger partial charge in [-0.3, -0.25) is 9.48 Å². The Hall–Kier alpha value is -3.47. The summed E-state index contributed by atoms with van der Waals surface area (Å²) in [6, 6.07) is 16.9. The lowest BCUT2D eigenvalue weighted by Crippen LogP contribution is -2.23. The zero-order valence-corrected chi connectivity index (χ0v) is 15.0. The molecule has 0 saturated heterocycles. The number of aromatic nitrogens is 2. The van der Waals surface area contributed by atoms with Crippen LogP contribution in [-0.4, -0.2) is 21.5 Å². The van der Waals surface area contributed by atoms with Crippen molar-refractivity contribution < 1.29 is 14.7 Å². The SMILES string of the molecule is Cc1ccc(C(=O)/C=C/c2cn(CCC(=O)[O-])nc2-c2ccccc2)cc1. The van der Waals surface area contributed by atoms with Gasteiger partial charge in [0, 0.05) is 41.8 Å². The Kier molecular flexibility index (Phi) is 5.61. The van der Waals surface area contributed by atoms with Gasteiger partial charge in [-0.1, -0.05) is 60.2 Å². The van der Waals surface area contributed by atoms with Crippen LogP contribution in [0, 0.1) is 6.92 Å². The first-order chi connectivity index (χ1) is 13.0. The van der Waals surface area contributed by atoms with E-state index in [0.717, 1.165) is 16.7 Å². The second-order valence-corrected chi connectivity index (χ2v) is 6.25. The lowest BCUT2D eigenvalue weighted by Gasteiger charge is -2.01. The highest BCUT2D eigenvalue weighted by atomic mass is 16.4. The average Bonchev–Trinajstić information content (AvgIpc) is 3.09. The van der Waals surface area contributed by atoms with Crippen molar-refractivity contribution in [2.45, 2.75) is 19.9 Å². The zero-order chi connectivity index (χ0) is 19.2. The summed E-state index contributed by atoms with van der Waals surface area (Å²) in [4.78, 5) is 23.1. The molecule has 0 atom stereocenters. The molecule has 5 nitrogen and oxygen atoms in total. The van der Waals surface area contributed by atoms with E-state index in [0.29, 0.717) is 11.3 Å². The van der Waals surface area contributed by atoms with Crippen LogP contribution in [0.25, 0.3) is 17.3 Å². The van der Waals surface area contributed by atoms with Crippen LogP contribution in [0.2, 0.25) is 0 Å². The molecule has 0 aliphatic carbocycles. The number of hydrogen-bond donors (Lipinski definition) is 0. The van der Waals surface area contributed by atoms with Crippen molar-refractivity contribution in [2.75, 3.05) is 0 Å². The van der Waals surface area contributed by atoms with Crippen LogP contribution in [0.5, 0.6) is 0 Å². The Morgan fingerprint density at radius 3 is 2.44 bits per heavy atom. The highest BCUT2D eigenvalue weighted by Gasteiger charge is 2.10. The van der Waals surface area contributed by atoms with Crippen molar-refractivity contribution in [3.05, 3.63) is 83.6 Å². The van der Waals surface area contributed by atoms with E-state index in [2.05, 4.69) is 5.10 Å². The predicted molar refractivity (Wildman–Crippen MR) is 102 cm³/mol. The van der Waals surface area contributed by atoms with Crippen LogP contribution >= 0.6 is 0 Å². The fourth-order valence-corrected chi connectivity index (χ4v) is 2.68. The number of carbonyl (C=O) groups is 2. The summed E-state index contributed by atoms with van der Waals surface area (Å²) in [5.74, 6) is -1.23. The molecule has 136 valence electrons. The first-order valence-electron chi connectivity index (χ1n) is 8.65. The molecule has 1 aromatic heterocycles. The molecule has 0 amide bonds. The summed E-state index contributed by atoms with van der Waals surface area (Å²) in [5.41, 5.74) is 4.05. The first kappa shape index (κ1) is 18.3. The van der Waals surface area contributed by atoms with E-state index in [9.17, 15) is 14.7 Å². The van der Waals surface area contributed by atoms with E-state index in [1.54, 1.807) is 29.1 Å². The quantitative estimate of drug-likeness (QED) is 0.480. The summed E-state index contributed by atoms with van der Waals surface area (Å²) >= 11 is 0. The molecular formula is C22H19N2O3-. The molecule has 5 heteroatoms. The molecule has 0 radical (unpaired) electrons. The monoisotopic (exact) mass is 359 g/mol. The molecule has 0 N–H and O–H groups in total. The van der Waals surface area contributed by atoms with Crippen molar-refractivity contribution in [3.63, 3.8) is 0 Å². The second-order valence-electron chi connectivity index (χ2n) is 6.25. The molecule has 0 aliphatic rings. The number of benzene rings is 2. The Bertz CT molecular complexity index is 971. The van der Waals surface area contributed by atoms with Gasteiger partial charge in [-0.05, 0) is 19.1 Å². The van der Waals surface area contributed by atoms with Gasteiger partial charge in [0.1, 0.15) is 0 Å². The normalized spacial score (nSPS) is 11.0. The minimum Gasteiger partial charge on any atom is -0.550 e. The Morgan fingerprint density at radius 1 is 1.07 bits per heavy atom. The van der Waals surface area contributed by atoms with Gasteiger partial charge >= 0.3 is 0 Å². The van der Waals surface area contributed by atoms with E-state index in [-0.39, 0.29) is 18.7 Å². The van der Waals surface area contributed by atoms with Crippen LogP contribution < -0.4 is 5.11 Å². The number of carbonyl (C=O) groups excluding carboxylic acids is 2. The lowest BCUT2D eigenvalue weighted by molar-refractivity contribution is -0.306. The lowest BCUT2D eigenvalue weighted by atomic mass is 10.1. The second kappa shape index (κ2) is 8.27. The number of allylic oxidation sites excluding steroid dienone is 1. The first-order valence-corrected chi connectivity index (χ1v) is 8.65. The Morgan fingerprint density at radius 2 is 1.78 bits per heavy atom. The number of rotatable bonds is 7. The van der Waals surface area contributed by atoms with E-state index < -0.39 is 5.97 Å². The fourth-order valence-electron chi connectivity index (χ4n) is 2.68. The third-order valence-electron chi connectivity index (χ3n) is 4.13. The molecule has 0 saturated carbocycles. The topological polar surface area (TPSA) is 75.0 Å². The van der Waals surface area contributed by atoms with E-state index in [1.165, 1.54) is 6.08 Å². The molecule has 27 heavy (non-hydrogen) atoms. The van der Waals surface area contributed by atoms with Crippen molar-refractivity contribution in [2.24, 2.45) is 0 Å². The van der Waals surface area contributed by atoms with Gasteiger partial charge in [0.2, 0.25) is 0 Å². The third kappa shape index (κ3) is 4.79. The maximum atomic E-state index is 12.4. The Balaban J connectivity index is 1.89. The smallest absolute Gasteiger partial charge is 0.185 e. The molecular weight excluding hydrogens is 340 g/mol. The molecule has 0 unspecified atom stereocenters. The van der Waals surface area contributed by atoms with Gasteiger partial charge in [-0.25, -0.2) is 0 Å². The van der Waals surface area contributed by atoms with Crippen molar-refractivity contribution >= 4 is 17.8 Å². The number of carboxylic acid groups (broad SMARTS) is 1. The largest absolute Gasteiger partial charge is 0.550 e. The summed E-state index contributed by atoms with van der Waals surface area (Å²) < 4.78 is 1.56. The van der Waals surface area contributed by atoms with Crippen LogP contribution in [-0.2, 0) is 11.3 Å². The molecule has 3 aromatic rings. The number of aliphatic carboxylic acids is 1. The van der Waals surface area contributed by atoms with Gasteiger partial charge in [-0.15, -0.1) is 0 Å². The van der Waals surface area contributed by atoms with Crippen molar-refractivity contribution in [3.8, 4) is 11.3 Å². The third-order valence-corrected chi connectivity index (χ3v) is 4.13.